The number of carbonyl (C=O) groups is 1. The van der Waals surface area contributed by atoms with Crippen molar-refractivity contribution >= 4 is 21.9 Å². The number of carbonyl (C=O) groups excluding carboxylic acids is 1. The molecule has 3 rings (SSSR count). The Morgan fingerprint density at radius 2 is 2.04 bits per heavy atom. The van der Waals surface area contributed by atoms with Crippen LogP contribution in [0.5, 0.6) is 5.75 Å². The predicted octanol–water partition coefficient (Wildman–Crippen LogP) is 4.17. The molecule has 0 bridgehead atoms. The van der Waals surface area contributed by atoms with Gasteiger partial charge in [-0.2, -0.15) is 0 Å². The van der Waals surface area contributed by atoms with Gasteiger partial charge in [0.15, 0.2) is 6.61 Å². The first-order valence-corrected chi connectivity index (χ1v) is 8.26. The Labute approximate surface area is 152 Å². The van der Waals surface area contributed by atoms with Gasteiger partial charge in [0.1, 0.15) is 5.75 Å². The van der Waals surface area contributed by atoms with Crippen LogP contribution in [0.15, 0.2) is 51.4 Å². The number of methoxy groups -OCH3 is 1. The predicted molar refractivity (Wildman–Crippen MR) is 94.3 cm³/mol. The van der Waals surface area contributed by atoms with E-state index < -0.39 is 5.97 Å². The molecule has 0 fully saturated rings. The molecule has 3 aromatic rings. The number of halogens is 1. The van der Waals surface area contributed by atoms with Crippen LogP contribution in [0.3, 0.4) is 0 Å². The van der Waals surface area contributed by atoms with Gasteiger partial charge in [-0.15, -0.1) is 10.2 Å². The lowest BCUT2D eigenvalue weighted by Gasteiger charge is -2.06. The molecule has 6 nitrogen and oxygen atoms in total. The molecule has 7 heteroatoms. The van der Waals surface area contributed by atoms with Crippen LogP contribution in [0.25, 0.3) is 11.5 Å². The SMILES string of the molecule is COc1ccc(Br)c(C(=O)OCc2nnc(-c3cccc(C)c3)o2)c1. The van der Waals surface area contributed by atoms with Crippen molar-refractivity contribution in [2.75, 3.05) is 7.11 Å². The summed E-state index contributed by atoms with van der Waals surface area (Å²) in [5.74, 6) is 0.664. The molecule has 128 valence electrons. The van der Waals surface area contributed by atoms with Crippen molar-refractivity contribution in [3.05, 3.63) is 64.0 Å². The van der Waals surface area contributed by atoms with Gasteiger partial charge in [-0.1, -0.05) is 17.7 Å². The lowest BCUT2D eigenvalue weighted by molar-refractivity contribution is 0.0437. The van der Waals surface area contributed by atoms with E-state index >= 15 is 0 Å². The van der Waals surface area contributed by atoms with E-state index in [-0.39, 0.29) is 12.5 Å². The largest absolute Gasteiger partial charge is 0.497 e. The van der Waals surface area contributed by atoms with E-state index in [4.69, 9.17) is 13.9 Å². The summed E-state index contributed by atoms with van der Waals surface area (Å²) in [6, 6.07) is 12.8. The summed E-state index contributed by atoms with van der Waals surface area (Å²) in [7, 11) is 1.53. The van der Waals surface area contributed by atoms with Gasteiger partial charge in [0, 0.05) is 10.0 Å². The maximum absolute atomic E-state index is 12.2. The Balaban J connectivity index is 1.69. The average molecular weight is 403 g/mol. The number of rotatable bonds is 5. The molecule has 25 heavy (non-hydrogen) atoms. The standard InChI is InChI=1S/C18H15BrN2O4/c1-11-4-3-5-12(8-11)17-21-20-16(25-17)10-24-18(22)14-9-13(23-2)6-7-15(14)19/h3-9H,10H2,1-2H3. The number of aromatic nitrogens is 2. The minimum absolute atomic E-state index is 0.110. The van der Waals surface area contributed by atoms with Crippen molar-refractivity contribution in [3.63, 3.8) is 0 Å². The minimum Gasteiger partial charge on any atom is -0.497 e. The first kappa shape index (κ1) is 17.2. The smallest absolute Gasteiger partial charge is 0.339 e. The zero-order chi connectivity index (χ0) is 17.8. The summed E-state index contributed by atoms with van der Waals surface area (Å²) in [6.07, 6.45) is 0. The van der Waals surface area contributed by atoms with Gasteiger partial charge in [0.25, 0.3) is 5.89 Å². The van der Waals surface area contributed by atoms with Gasteiger partial charge in [-0.3, -0.25) is 0 Å². The van der Waals surface area contributed by atoms with Crippen LogP contribution in [0.1, 0.15) is 21.8 Å². The molecule has 0 aliphatic rings. The molecule has 0 N–H and O–H groups in total. The Morgan fingerprint density at radius 3 is 2.80 bits per heavy atom. The summed E-state index contributed by atoms with van der Waals surface area (Å²) in [5, 5.41) is 7.90. The first-order valence-electron chi connectivity index (χ1n) is 7.47. The molecule has 1 aromatic heterocycles. The normalized spacial score (nSPS) is 10.5. The van der Waals surface area contributed by atoms with Crippen LogP contribution in [0.4, 0.5) is 0 Å². The quantitative estimate of drug-likeness (QED) is 0.596. The highest BCUT2D eigenvalue weighted by atomic mass is 79.9. The van der Waals surface area contributed by atoms with E-state index in [0.29, 0.717) is 21.7 Å². The lowest BCUT2D eigenvalue weighted by Crippen LogP contribution is -2.06. The highest BCUT2D eigenvalue weighted by molar-refractivity contribution is 9.10. The highest BCUT2D eigenvalue weighted by Crippen LogP contribution is 2.24. The van der Waals surface area contributed by atoms with Crippen molar-refractivity contribution in [1.29, 1.82) is 0 Å². The monoisotopic (exact) mass is 402 g/mol. The van der Waals surface area contributed by atoms with E-state index in [9.17, 15) is 4.79 Å². The Hall–Kier alpha value is -2.67. The maximum Gasteiger partial charge on any atom is 0.339 e. The van der Waals surface area contributed by atoms with Crippen LogP contribution >= 0.6 is 15.9 Å². The molecule has 0 unspecified atom stereocenters. The molecule has 0 saturated heterocycles. The molecule has 0 saturated carbocycles. The third kappa shape index (κ3) is 4.06. The maximum atomic E-state index is 12.2. The van der Waals surface area contributed by atoms with Gasteiger partial charge < -0.3 is 13.9 Å². The van der Waals surface area contributed by atoms with Gasteiger partial charge >= 0.3 is 5.97 Å². The fraction of sp³-hybridized carbons (Fsp3) is 0.167. The Kier molecular flexibility index (Phi) is 5.14. The molecule has 1 heterocycles. The van der Waals surface area contributed by atoms with Gasteiger partial charge in [0.05, 0.1) is 12.7 Å². The Morgan fingerprint density at radius 1 is 1.20 bits per heavy atom. The van der Waals surface area contributed by atoms with Crippen molar-refractivity contribution in [2.45, 2.75) is 13.5 Å². The van der Waals surface area contributed by atoms with E-state index in [1.54, 1.807) is 18.2 Å². The lowest BCUT2D eigenvalue weighted by atomic mass is 10.1. The van der Waals surface area contributed by atoms with Gasteiger partial charge in [-0.05, 0) is 53.2 Å². The minimum atomic E-state index is -0.513. The van der Waals surface area contributed by atoms with Crippen molar-refractivity contribution in [1.82, 2.24) is 10.2 Å². The van der Waals surface area contributed by atoms with Crippen molar-refractivity contribution in [3.8, 4) is 17.2 Å². The number of nitrogens with zero attached hydrogens (tertiary/aromatic N) is 2. The van der Waals surface area contributed by atoms with Crippen LogP contribution < -0.4 is 4.74 Å². The zero-order valence-electron chi connectivity index (χ0n) is 13.7. The summed E-state index contributed by atoms with van der Waals surface area (Å²) < 4.78 is 16.5. The summed E-state index contributed by atoms with van der Waals surface area (Å²) in [6.45, 7) is 1.87. The van der Waals surface area contributed by atoms with Gasteiger partial charge in [0.2, 0.25) is 5.89 Å². The van der Waals surface area contributed by atoms with Crippen LogP contribution in [0, 0.1) is 6.92 Å². The molecule has 0 spiro atoms. The molecule has 2 aromatic carbocycles. The third-order valence-corrected chi connectivity index (χ3v) is 4.14. The molecular formula is C18H15BrN2O4. The number of esters is 1. The fourth-order valence-electron chi connectivity index (χ4n) is 2.20. The van der Waals surface area contributed by atoms with E-state index in [0.717, 1.165) is 11.1 Å². The number of benzene rings is 2. The fourth-order valence-corrected chi connectivity index (χ4v) is 2.61. The summed E-state index contributed by atoms with van der Waals surface area (Å²) in [4.78, 5) is 12.2. The molecule has 0 amide bonds. The number of aryl methyl sites for hydroxylation is 1. The topological polar surface area (TPSA) is 74.5 Å². The molecule has 0 radical (unpaired) electrons. The van der Waals surface area contributed by atoms with E-state index in [2.05, 4.69) is 26.1 Å². The first-order chi connectivity index (χ1) is 12.1. The second kappa shape index (κ2) is 7.48. The molecule has 0 aliphatic carbocycles. The summed E-state index contributed by atoms with van der Waals surface area (Å²) in [5.41, 5.74) is 2.27. The van der Waals surface area contributed by atoms with Crippen molar-refractivity contribution < 1.29 is 18.7 Å². The zero-order valence-corrected chi connectivity index (χ0v) is 15.2. The number of ether oxygens (including phenoxy) is 2. The highest BCUT2D eigenvalue weighted by Gasteiger charge is 2.15. The molecule has 0 atom stereocenters. The van der Waals surface area contributed by atoms with Gasteiger partial charge in [-0.25, -0.2) is 4.79 Å². The van der Waals surface area contributed by atoms with Crippen LogP contribution in [0.2, 0.25) is 0 Å². The van der Waals surface area contributed by atoms with E-state index in [1.165, 1.54) is 7.11 Å². The van der Waals surface area contributed by atoms with Crippen molar-refractivity contribution in [2.24, 2.45) is 0 Å². The summed E-state index contributed by atoms with van der Waals surface area (Å²) >= 11 is 3.32. The number of hydrogen-bond donors (Lipinski definition) is 0. The van der Waals surface area contributed by atoms with E-state index in [1.807, 2.05) is 31.2 Å². The van der Waals surface area contributed by atoms with Crippen LogP contribution in [-0.4, -0.2) is 23.3 Å². The number of hydrogen-bond acceptors (Lipinski definition) is 6. The Bertz CT molecular complexity index is 908. The second-order valence-corrected chi connectivity index (χ2v) is 6.15. The molecular weight excluding hydrogens is 388 g/mol. The van der Waals surface area contributed by atoms with Crippen LogP contribution in [-0.2, 0) is 11.3 Å². The third-order valence-electron chi connectivity index (χ3n) is 3.45. The average Bonchev–Trinajstić information content (AvgIpc) is 3.09. The second-order valence-electron chi connectivity index (χ2n) is 5.29. The molecule has 0 aliphatic heterocycles.